The summed E-state index contributed by atoms with van der Waals surface area (Å²) in [5.74, 6) is -3.96. The number of pyridine rings is 1. The van der Waals surface area contributed by atoms with E-state index in [0.717, 1.165) is 5.69 Å². The van der Waals surface area contributed by atoms with Gasteiger partial charge in [-0.05, 0) is 12.1 Å². The molecule has 0 aliphatic rings. The van der Waals surface area contributed by atoms with Crippen LogP contribution in [0.5, 0.6) is 0 Å². The number of hydrogen-bond acceptors (Lipinski definition) is 3. The van der Waals surface area contributed by atoms with Crippen LogP contribution in [0.25, 0.3) is 0 Å². The number of nitrogens with zero attached hydrogens (tertiary/aromatic N) is 2. The van der Waals surface area contributed by atoms with Crippen molar-refractivity contribution in [2.45, 2.75) is 0 Å². The van der Waals surface area contributed by atoms with E-state index in [1.807, 2.05) is 20.2 Å². The molecule has 1 aromatic heterocycles. The Balaban J connectivity index is 2.39. The Labute approximate surface area is 108 Å². The van der Waals surface area contributed by atoms with Gasteiger partial charge in [0.25, 0.3) is 5.95 Å². The van der Waals surface area contributed by atoms with Crippen LogP contribution in [0, 0.1) is 17.6 Å². The summed E-state index contributed by atoms with van der Waals surface area (Å²) in [6.07, 6.45) is 0. The zero-order valence-electron chi connectivity index (χ0n) is 10.4. The van der Waals surface area contributed by atoms with Gasteiger partial charge in [0.1, 0.15) is 0 Å². The van der Waals surface area contributed by atoms with Gasteiger partial charge in [-0.1, -0.05) is 12.1 Å². The second-order valence-electron chi connectivity index (χ2n) is 4.13. The molecule has 0 unspecified atom stereocenters. The van der Waals surface area contributed by atoms with E-state index in [4.69, 9.17) is 0 Å². The highest BCUT2D eigenvalue weighted by Gasteiger charge is 2.13. The summed E-state index contributed by atoms with van der Waals surface area (Å²) in [6, 6.07) is 7.52. The molecule has 1 aromatic carbocycles. The smallest absolute Gasteiger partial charge is 0.251 e. The van der Waals surface area contributed by atoms with Crippen molar-refractivity contribution >= 4 is 17.2 Å². The largest absolute Gasteiger partial charge is 0.376 e. The molecule has 0 atom stereocenters. The number of nitrogens with one attached hydrogen (secondary N) is 1. The van der Waals surface area contributed by atoms with Gasteiger partial charge in [-0.25, -0.2) is 8.78 Å². The van der Waals surface area contributed by atoms with E-state index in [1.54, 1.807) is 23.1 Å². The maximum atomic E-state index is 13.5. The fraction of sp³-hybridized carbons (Fsp3) is 0.154. The van der Waals surface area contributed by atoms with E-state index >= 15 is 0 Å². The van der Waals surface area contributed by atoms with E-state index in [1.165, 1.54) is 0 Å². The van der Waals surface area contributed by atoms with E-state index in [9.17, 15) is 13.2 Å². The molecule has 0 saturated carbocycles. The topological polar surface area (TPSA) is 28.2 Å². The molecule has 0 aliphatic heterocycles. The Bertz CT molecular complexity index is 600. The second-order valence-corrected chi connectivity index (χ2v) is 4.13. The third-order valence-electron chi connectivity index (χ3n) is 2.53. The average molecular weight is 267 g/mol. The minimum absolute atomic E-state index is 0.354. The molecule has 0 saturated heterocycles. The summed E-state index contributed by atoms with van der Waals surface area (Å²) < 4.78 is 39.3. The quantitative estimate of drug-likeness (QED) is 0.865. The highest BCUT2D eigenvalue weighted by molar-refractivity contribution is 5.73. The van der Waals surface area contributed by atoms with Crippen molar-refractivity contribution in [1.82, 2.24) is 4.98 Å². The van der Waals surface area contributed by atoms with Crippen molar-refractivity contribution in [3.63, 3.8) is 0 Å². The Morgan fingerprint density at radius 3 is 2.42 bits per heavy atom. The molecule has 2 rings (SSSR count). The average Bonchev–Trinajstić information content (AvgIpc) is 2.36. The van der Waals surface area contributed by atoms with Gasteiger partial charge in [0, 0.05) is 20.2 Å². The first kappa shape index (κ1) is 13.2. The van der Waals surface area contributed by atoms with Crippen LogP contribution < -0.4 is 10.2 Å². The first-order valence-electron chi connectivity index (χ1n) is 5.54. The molecule has 6 heteroatoms. The van der Waals surface area contributed by atoms with Crippen molar-refractivity contribution in [2.24, 2.45) is 0 Å². The van der Waals surface area contributed by atoms with Crippen LogP contribution in [0.2, 0.25) is 0 Å². The standard InChI is InChI=1S/C13H12F3N3/c1-19(2)11-6-4-3-5-10(11)17-13-9(15)7-8(14)12(16)18-13/h3-7H,1-2H3,(H,17,18). The van der Waals surface area contributed by atoms with E-state index in [2.05, 4.69) is 10.3 Å². The Morgan fingerprint density at radius 1 is 1.05 bits per heavy atom. The molecule has 1 N–H and O–H groups in total. The molecule has 100 valence electrons. The number of halogens is 3. The molecule has 0 spiro atoms. The van der Waals surface area contributed by atoms with Crippen molar-refractivity contribution in [3.8, 4) is 0 Å². The third-order valence-corrected chi connectivity index (χ3v) is 2.53. The van der Waals surface area contributed by atoms with Gasteiger partial charge in [0.15, 0.2) is 17.5 Å². The van der Waals surface area contributed by atoms with Crippen molar-refractivity contribution in [1.29, 1.82) is 0 Å². The number of hydrogen-bond donors (Lipinski definition) is 1. The zero-order chi connectivity index (χ0) is 14.0. The Hall–Kier alpha value is -2.24. The van der Waals surface area contributed by atoms with Gasteiger partial charge < -0.3 is 10.2 Å². The Kier molecular flexibility index (Phi) is 3.59. The number of aromatic nitrogens is 1. The monoisotopic (exact) mass is 267 g/mol. The lowest BCUT2D eigenvalue weighted by molar-refractivity contribution is 0.467. The van der Waals surface area contributed by atoms with Gasteiger partial charge in [-0.15, -0.1) is 0 Å². The van der Waals surface area contributed by atoms with Crippen LogP contribution in [-0.2, 0) is 0 Å². The van der Waals surface area contributed by atoms with Crippen LogP contribution in [0.4, 0.5) is 30.4 Å². The van der Waals surface area contributed by atoms with Crippen LogP contribution in [-0.4, -0.2) is 19.1 Å². The summed E-state index contributed by atoms with van der Waals surface area (Å²) in [5, 5.41) is 2.66. The summed E-state index contributed by atoms with van der Waals surface area (Å²) in [6.45, 7) is 0. The summed E-state index contributed by atoms with van der Waals surface area (Å²) in [7, 11) is 3.63. The summed E-state index contributed by atoms with van der Waals surface area (Å²) in [5.41, 5.74) is 1.32. The van der Waals surface area contributed by atoms with E-state index < -0.39 is 17.6 Å². The van der Waals surface area contributed by atoms with Crippen LogP contribution in [0.15, 0.2) is 30.3 Å². The molecule has 0 radical (unpaired) electrons. The molecule has 1 heterocycles. The normalized spacial score (nSPS) is 10.4. The second kappa shape index (κ2) is 5.17. The number of anilines is 3. The molecule has 0 bridgehead atoms. The third kappa shape index (κ3) is 2.78. The van der Waals surface area contributed by atoms with E-state index in [0.29, 0.717) is 11.8 Å². The number of rotatable bonds is 3. The number of para-hydroxylation sites is 2. The first-order valence-corrected chi connectivity index (χ1v) is 5.54. The lowest BCUT2D eigenvalue weighted by Gasteiger charge is -2.18. The van der Waals surface area contributed by atoms with Gasteiger partial charge in [-0.2, -0.15) is 9.37 Å². The zero-order valence-corrected chi connectivity index (χ0v) is 10.4. The van der Waals surface area contributed by atoms with Crippen LogP contribution in [0.1, 0.15) is 0 Å². The maximum absolute atomic E-state index is 13.5. The highest BCUT2D eigenvalue weighted by Crippen LogP contribution is 2.27. The van der Waals surface area contributed by atoms with Crippen molar-refractivity contribution < 1.29 is 13.2 Å². The van der Waals surface area contributed by atoms with Crippen LogP contribution >= 0.6 is 0 Å². The van der Waals surface area contributed by atoms with Gasteiger partial charge in [0.2, 0.25) is 0 Å². The fourth-order valence-electron chi connectivity index (χ4n) is 1.63. The molecule has 0 fully saturated rings. The van der Waals surface area contributed by atoms with Crippen LogP contribution in [0.3, 0.4) is 0 Å². The fourth-order valence-corrected chi connectivity index (χ4v) is 1.63. The van der Waals surface area contributed by atoms with Gasteiger partial charge in [0.05, 0.1) is 11.4 Å². The lowest BCUT2D eigenvalue weighted by atomic mass is 10.2. The first-order chi connectivity index (χ1) is 8.99. The van der Waals surface area contributed by atoms with Gasteiger partial charge >= 0.3 is 0 Å². The molecule has 0 aliphatic carbocycles. The SMILES string of the molecule is CN(C)c1ccccc1Nc1nc(F)c(F)cc1F. The molecule has 2 aromatic rings. The predicted molar refractivity (Wildman–Crippen MR) is 68.2 cm³/mol. The predicted octanol–water partition coefficient (Wildman–Crippen LogP) is 3.31. The summed E-state index contributed by atoms with van der Waals surface area (Å²) >= 11 is 0. The maximum Gasteiger partial charge on any atom is 0.251 e. The molecular formula is C13H12F3N3. The molecular weight excluding hydrogens is 255 g/mol. The van der Waals surface area contributed by atoms with Gasteiger partial charge in [-0.3, -0.25) is 0 Å². The van der Waals surface area contributed by atoms with E-state index in [-0.39, 0.29) is 5.82 Å². The minimum atomic E-state index is -1.34. The molecule has 0 amide bonds. The van der Waals surface area contributed by atoms with Crippen molar-refractivity contribution in [2.75, 3.05) is 24.3 Å². The Morgan fingerprint density at radius 2 is 1.74 bits per heavy atom. The summed E-state index contributed by atoms with van der Waals surface area (Å²) in [4.78, 5) is 5.03. The molecule has 19 heavy (non-hydrogen) atoms. The highest BCUT2D eigenvalue weighted by atomic mass is 19.2. The molecule has 3 nitrogen and oxygen atoms in total. The van der Waals surface area contributed by atoms with Crippen molar-refractivity contribution in [3.05, 3.63) is 47.9 Å². The minimum Gasteiger partial charge on any atom is -0.376 e. The lowest BCUT2D eigenvalue weighted by Crippen LogP contribution is -2.11. The number of benzene rings is 1.